The van der Waals surface area contributed by atoms with Crippen LogP contribution in [0.5, 0.6) is 0 Å². The van der Waals surface area contributed by atoms with Crippen LogP contribution in [0.2, 0.25) is 15.5 Å². The summed E-state index contributed by atoms with van der Waals surface area (Å²) in [6.07, 6.45) is 3.73. The van der Waals surface area contributed by atoms with E-state index in [2.05, 4.69) is 9.97 Å². The summed E-state index contributed by atoms with van der Waals surface area (Å²) in [4.78, 5) is 18.0. The van der Waals surface area contributed by atoms with Crippen molar-refractivity contribution in [2.24, 2.45) is 0 Å². The first-order valence-electron chi connectivity index (χ1n) is 9.00. The molecule has 0 unspecified atom stereocenters. The summed E-state index contributed by atoms with van der Waals surface area (Å²) >= 11 is 16.3. The van der Waals surface area contributed by atoms with Crippen LogP contribution >= 0.6 is 34.8 Å². The number of carbonyl (C=O) groups is 1. The fourth-order valence-electron chi connectivity index (χ4n) is 2.03. The number of rotatable bonds is 3. The predicted molar refractivity (Wildman–Crippen MR) is 118 cm³/mol. The van der Waals surface area contributed by atoms with Crippen molar-refractivity contribution in [3.63, 3.8) is 0 Å². The van der Waals surface area contributed by atoms with Gasteiger partial charge in [-0.05, 0) is 42.8 Å². The highest BCUT2D eigenvalue weighted by Crippen LogP contribution is 2.28. The SMILES string of the molecule is CC(=O)c1ccnc(Cl)c1.CC(F)(F)c1cc[n+]([O-])c(Cl)c1.CC(F)(F)c1ccnc(Cl)c1. The van der Waals surface area contributed by atoms with Gasteiger partial charge >= 0.3 is 0 Å². The fourth-order valence-corrected chi connectivity index (χ4v) is 2.55. The van der Waals surface area contributed by atoms with Crippen LogP contribution in [0.25, 0.3) is 0 Å². The summed E-state index contributed by atoms with van der Waals surface area (Å²) < 4.78 is 50.6. The van der Waals surface area contributed by atoms with Gasteiger partial charge in [0.05, 0.1) is 0 Å². The van der Waals surface area contributed by atoms with E-state index in [1.165, 1.54) is 25.4 Å². The molecule has 0 aromatic carbocycles. The Morgan fingerprint density at radius 3 is 1.73 bits per heavy atom. The molecular formula is C21H18Cl3F4N3O2. The van der Waals surface area contributed by atoms with Crippen LogP contribution in [0.1, 0.15) is 42.3 Å². The summed E-state index contributed by atoms with van der Waals surface area (Å²) in [7, 11) is 0. The number of Topliss-reactive ketones (excluding diaryl/α,β-unsaturated/α-hetero) is 1. The van der Waals surface area contributed by atoms with Gasteiger partial charge in [0.25, 0.3) is 17.0 Å². The second-order valence-electron chi connectivity index (χ2n) is 6.63. The maximum Gasteiger partial charge on any atom is 0.286 e. The van der Waals surface area contributed by atoms with Gasteiger partial charge in [0.2, 0.25) is 0 Å². The third kappa shape index (κ3) is 10.3. The van der Waals surface area contributed by atoms with Crippen molar-refractivity contribution in [2.75, 3.05) is 0 Å². The van der Waals surface area contributed by atoms with Crippen LogP contribution in [0, 0.1) is 5.21 Å². The summed E-state index contributed by atoms with van der Waals surface area (Å²) in [5.41, 5.74) is 0.220. The highest BCUT2D eigenvalue weighted by molar-refractivity contribution is 6.30. The average molecular weight is 527 g/mol. The van der Waals surface area contributed by atoms with Crippen LogP contribution < -0.4 is 4.73 Å². The lowest BCUT2D eigenvalue weighted by atomic mass is 10.2. The molecule has 3 rings (SSSR count). The monoisotopic (exact) mass is 525 g/mol. The van der Waals surface area contributed by atoms with E-state index in [0.717, 1.165) is 38.2 Å². The maximum absolute atomic E-state index is 12.6. The van der Waals surface area contributed by atoms with E-state index in [1.54, 1.807) is 12.1 Å². The first-order chi connectivity index (χ1) is 15.1. The fraction of sp³-hybridized carbons (Fsp3) is 0.238. The van der Waals surface area contributed by atoms with Gasteiger partial charge in [-0.1, -0.05) is 23.2 Å². The van der Waals surface area contributed by atoms with E-state index < -0.39 is 11.8 Å². The molecule has 0 aliphatic rings. The van der Waals surface area contributed by atoms with Crippen molar-refractivity contribution >= 4 is 40.6 Å². The lowest BCUT2D eigenvalue weighted by Crippen LogP contribution is -2.27. The first kappa shape index (κ1) is 28.5. The Hall–Kier alpha value is -2.49. The predicted octanol–water partition coefficient (Wildman–Crippen LogP) is 6.87. The highest BCUT2D eigenvalue weighted by atomic mass is 35.5. The van der Waals surface area contributed by atoms with Crippen molar-refractivity contribution in [1.29, 1.82) is 0 Å². The number of carbonyl (C=O) groups excluding carboxylic acids is 1. The number of aromatic nitrogens is 3. The molecule has 0 bridgehead atoms. The smallest absolute Gasteiger partial charge is 0.286 e. The molecule has 5 nitrogen and oxygen atoms in total. The number of hydrogen-bond donors (Lipinski definition) is 0. The normalized spacial score (nSPS) is 11.0. The Balaban J connectivity index is 0.000000249. The van der Waals surface area contributed by atoms with Gasteiger partial charge < -0.3 is 5.21 Å². The van der Waals surface area contributed by atoms with Crippen LogP contribution in [-0.2, 0) is 11.8 Å². The molecule has 0 aliphatic heterocycles. The lowest BCUT2D eigenvalue weighted by molar-refractivity contribution is -0.603. The average Bonchev–Trinajstić information content (AvgIpc) is 2.69. The number of pyridine rings is 3. The summed E-state index contributed by atoms with van der Waals surface area (Å²) in [5.74, 6) is -5.80. The molecule has 0 fully saturated rings. The van der Waals surface area contributed by atoms with Crippen molar-refractivity contribution in [1.82, 2.24) is 9.97 Å². The molecule has 12 heteroatoms. The molecule has 3 aromatic rings. The van der Waals surface area contributed by atoms with Gasteiger partial charge in [-0.15, -0.1) is 0 Å². The molecular weight excluding hydrogens is 509 g/mol. The second-order valence-corrected chi connectivity index (χ2v) is 7.79. The molecule has 0 N–H and O–H groups in total. The Labute approximate surface area is 202 Å². The standard InChI is InChI=1S/C7H6ClF2NO.C7H6ClF2N.C7H6ClNO/c1-7(9,10)5-2-3-11(12)6(8)4-5;1-7(9,10)5-2-3-11-6(8)4-5;1-5(10)6-2-3-9-7(8)4-6/h2-4H,1H3;2-4H,1H3;2-4H,1H3. The molecule has 0 amide bonds. The second kappa shape index (κ2) is 12.1. The van der Waals surface area contributed by atoms with Crippen LogP contribution in [0.4, 0.5) is 17.6 Å². The Kier molecular flexibility index (Phi) is 10.5. The first-order valence-corrected chi connectivity index (χ1v) is 10.1. The van der Waals surface area contributed by atoms with E-state index in [1.807, 2.05) is 0 Å². The van der Waals surface area contributed by atoms with Gasteiger partial charge in [0, 0.05) is 55.1 Å². The van der Waals surface area contributed by atoms with Gasteiger partial charge in [0.15, 0.2) is 12.0 Å². The van der Waals surface area contributed by atoms with E-state index in [-0.39, 0.29) is 27.2 Å². The minimum Gasteiger partial charge on any atom is -0.618 e. The zero-order valence-electron chi connectivity index (χ0n) is 17.5. The van der Waals surface area contributed by atoms with Gasteiger partial charge in [-0.25, -0.2) is 27.5 Å². The molecule has 0 saturated carbocycles. The van der Waals surface area contributed by atoms with Crippen molar-refractivity contribution in [2.45, 2.75) is 32.6 Å². The van der Waals surface area contributed by atoms with Crippen LogP contribution in [-0.4, -0.2) is 15.8 Å². The molecule has 3 aromatic heterocycles. The van der Waals surface area contributed by atoms with E-state index >= 15 is 0 Å². The zero-order chi connectivity index (χ0) is 25.4. The highest BCUT2D eigenvalue weighted by Gasteiger charge is 2.26. The number of alkyl halides is 4. The molecule has 0 radical (unpaired) electrons. The zero-order valence-corrected chi connectivity index (χ0v) is 19.8. The number of halogens is 7. The topological polar surface area (TPSA) is 69.8 Å². The molecule has 178 valence electrons. The summed E-state index contributed by atoms with van der Waals surface area (Å²) in [6.45, 7) is 3.05. The van der Waals surface area contributed by atoms with E-state index in [4.69, 9.17) is 34.8 Å². The summed E-state index contributed by atoms with van der Waals surface area (Å²) in [5, 5.41) is 10.8. The number of hydrogen-bond acceptors (Lipinski definition) is 4. The van der Waals surface area contributed by atoms with Crippen molar-refractivity contribution in [3.8, 4) is 0 Å². The molecule has 3 heterocycles. The number of ketones is 1. The molecule has 0 aliphatic carbocycles. The van der Waals surface area contributed by atoms with Crippen molar-refractivity contribution < 1.29 is 27.1 Å². The lowest BCUT2D eigenvalue weighted by Gasteiger charge is -2.09. The Morgan fingerprint density at radius 1 is 0.879 bits per heavy atom. The number of nitrogens with zero attached hydrogens (tertiary/aromatic N) is 3. The Bertz CT molecular complexity index is 1090. The van der Waals surface area contributed by atoms with Gasteiger partial charge in [-0.3, -0.25) is 4.79 Å². The molecule has 0 atom stereocenters. The molecule has 33 heavy (non-hydrogen) atoms. The van der Waals surface area contributed by atoms with Crippen LogP contribution in [0.3, 0.4) is 0 Å². The van der Waals surface area contributed by atoms with Gasteiger partial charge in [-0.2, -0.15) is 4.73 Å². The largest absolute Gasteiger partial charge is 0.618 e. The minimum absolute atomic E-state index is 0.00398. The van der Waals surface area contributed by atoms with Crippen molar-refractivity contribution in [3.05, 3.63) is 92.3 Å². The molecule has 0 spiro atoms. The van der Waals surface area contributed by atoms with Gasteiger partial charge in [0.1, 0.15) is 10.3 Å². The third-order valence-electron chi connectivity index (χ3n) is 3.75. The van der Waals surface area contributed by atoms with E-state index in [0.29, 0.717) is 15.4 Å². The molecule has 0 saturated heterocycles. The van der Waals surface area contributed by atoms with E-state index in [9.17, 15) is 27.6 Å². The summed E-state index contributed by atoms with van der Waals surface area (Å²) in [6, 6.07) is 7.57. The minimum atomic E-state index is -2.96. The quantitative estimate of drug-likeness (QED) is 0.123. The Morgan fingerprint density at radius 2 is 1.36 bits per heavy atom. The maximum atomic E-state index is 12.6. The van der Waals surface area contributed by atoms with Crippen LogP contribution in [0.15, 0.2) is 55.0 Å². The third-order valence-corrected chi connectivity index (χ3v) is 4.44.